The Morgan fingerprint density at radius 1 is 0.818 bits per heavy atom. The van der Waals surface area contributed by atoms with E-state index in [1.807, 2.05) is 54.6 Å². The third-order valence-electron chi connectivity index (χ3n) is 6.05. The van der Waals surface area contributed by atoms with Crippen LogP contribution in [0.4, 0.5) is 5.69 Å². The summed E-state index contributed by atoms with van der Waals surface area (Å²) in [7, 11) is 0. The molecule has 6 heteroatoms. The van der Waals surface area contributed by atoms with Gasteiger partial charge in [-0.25, -0.2) is 0 Å². The number of nitrogens with one attached hydrogen (secondary N) is 1. The maximum Gasteiger partial charge on any atom is 0.291 e. The van der Waals surface area contributed by atoms with Crippen LogP contribution in [0.1, 0.15) is 21.7 Å². The van der Waals surface area contributed by atoms with E-state index in [1.165, 1.54) is 11.1 Å². The number of carbonyl (C=O) groups is 1. The summed E-state index contributed by atoms with van der Waals surface area (Å²) in [5.41, 5.74) is 3.86. The Balaban J connectivity index is 1.15. The van der Waals surface area contributed by atoms with Gasteiger partial charge in [-0.05, 0) is 47.5 Å². The van der Waals surface area contributed by atoms with E-state index < -0.39 is 0 Å². The summed E-state index contributed by atoms with van der Waals surface area (Å²) in [6.45, 7) is 5.74. The van der Waals surface area contributed by atoms with E-state index in [1.54, 1.807) is 18.2 Å². The van der Waals surface area contributed by atoms with Crippen molar-refractivity contribution in [3.8, 4) is 5.75 Å². The number of amides is 1. The van der Waals surface area contributed by atoms with Crippen LogP contribution in [-0.2, 0) is 13.1 Å². The third-order valence-corrected chi connectivity index (χ3v) is 6.05. The van der Waals surface area contributed by atoms with E-state index in [0.29, 0.717) is 17.1 Å². The van der Waals surface area contributed by atoms with Gasteiger partial charge in [0.05, 0.1) is 0 Å². The number of carbonyl (C=O) groups excluding carboxylic acids is 1. The molecule has 0 bridgehead atoms. The lowest BCUT2D eigenvalue weighted by Crippen LogP contribution is -2.45. The SMILES string of the molecule is O=C(Nc1cccc(CN2CCN(Cc3ccc(O)cc3)CC2)c1)c1cc2ccccc2o1. The number of fused-ring (bicyclic) bond motifs is 1. The fourth-order valence-electron chi connectivity index (χ4n) is 4.26. The number of anilines is 1. The summed E-state index contributed by atoms with van der Waals surface area (Å²) in [4.78, 5) is 17.5. The minimum Gasteiger partial charge on any atom is -0.508 e. The second-order valence-corrected chi connectivity index (χ2v) is 8.52. The fourth-order valence-corrected chi connectivity index (χ4v) is 4.26. The lowest BCUT2D eigenvalue weighted by molar-refractivity contribution is 0.0998. The Bertz CT molecular complexity index is 1210. The summed E-state index contributed by atoms with van der Waals surface area (Å²) >= 11 is 0. The predicted octanol–water partition coefficient (Wildman–Crippen LogP) is 4.71. The minimum atomic E-state index is -0.244. The average Bonchev–Trinajstić information content (AvgIpc) is 3.27. The van der Waals surface area contributed by atoms with Crippen LogP contribution < -0.4 is 5.32 Å². The molecule has 0 spiro atoms. The van der Waals surface area contributed by atoms with Crippen molar-refractivity contribution in [3.63, 3.8) is 0 Å². The van der Waals surface area contributed by atoms with Crippen LogP contribution in [0, 0.1) is 0 Å². The van der Waals surface area contributed by atoms with E-state index in [9.17, 15) is 9.90 Å². The highest BCUT2D eigenvalue weighted by molar-refractivity contribution is 6.04. The maximum absolute atomic E-state index is 12.7. The highest BCUT2D eigenvalue weighted by Crippen LogP contribution is 2.21. The van der Waals surface area contributed by atoms with Gasteiger partial charge in [0.15, 0.2) is 5.76 Å². The molecule has 2 heterocycles. The molecule has 0 saturated carbocycles. The minimum absolute atomic E-state index is 0.244. The molecule has 1 aliphatic heterocycles. The molecule has 0 unspecified atom stereocenters. The molecule has 0 atom stereocenters. The molecule has 5 rings (SSSR count). The highest BCUT2D eigenvalue weighted by Gasteiger charge is 2.18. The van der Waals surface area contributed by atoms with Crippen molar-refractivity contribution in [2.75, 3.05) is 31.5 Å². The number of furan rings is 1. The summed E-state index contributed by atoms with van der Waals surface area (Å²) in [6.07, 6.45) is 0. The van der Waals surface area contributed by atoms with Crippen molar-refractivity contribution >= 4 is 22.6 Å². The Labute approximate surface area is 193 Å². The van der Waals surface area contributed by atoms with Crippen molar-refractivity contribution in [1.29, 1.82) is 0 Å². The fraction of sp³-hybridized carbons (Fsp3) is 0.222. The predicted molar refractivity (Wildman–Crippen MR) is 129 cm³/mol. The second kappa shape index (κ2) is 9.48. The largest absolute Gasteiger partial charge is 0.508 e. The van der Waals surface area contributed by atoms with Gasteiger partial charge >= 0.3 is 0 Å². The Morgan fingerprint density at radius 2 is 1.52 bits per heavy atom. The first-order chi connectivity index (χ1) is 16.1. The highest BCUT2D eigenvalue weighted by atomic mass is 16.3. The van der Waals surface area contributed by atoms with Crippen LogP contribution >= 0.6 is 0 Å². The Kier molecular flexibility index (Phi) is 6.11. The summed E-state index contributed by atoms with van der Waals surface area (Å²) in [6, 6.07) is 24.8. The van der Waals surface area contributed by atoms with Crippen LogP contribution in [0.25, 0.3) is 11.0 Å². The van der Waals surface area contributed by atoms with Gasteiger partial charge in [-0.1, -0.05) is 42.5 Å². The lowest BCUT2D eigenvalue weighted by Gasteiger charge is -2.34. The third kappa shape index (κ3) is 5.25. The molecule has 6 nitrogen and oxygen atoms in total. The zero-order valence-corrected chi connectivity index (χ0v) is 18.4. The number of aromatic hydroxyl groups is 1. The molecule has 1 aliphatic rings. The van der Waals surface area contributed by atoms with E-state index in [-0.39, 0.29) is 5.91 Å². The molecule has 2 N–H and O–H groups in total. The molecule has 1 fully saturated rings. The molecule has 0 aliphatic carbocycles. The van der Waals surface area contributed by atoms with Crippen molar-refractivity contribution in [1.82, 2.24) is 9.80 Å². The number of rotatable bonds is 6. The first-order valence-corrected chi connectivity index (χ1v) is 11.2. The number of nitrogens with zero attached hydrogens (tertiary/aromatic N) is 2. The first-order valence-electron chi connectivity index (χ1n) is 11.2. The van der Waals surface area contributed by atoms with E-state index in [0.717, 1.165) is 50.3 Å². The van der Waals surface area contributed by atoms with Crippen molar-refractivity contribution < 1.29 is 14.3 Å². The Morgan fingerprint density at radius 3 is 2.24 bits per heavy atom. The molecular formula is C27H27N3O3. The monoisotopic (exact) mass is 441 g/mol. The van der Waals surface area contributed by atoms with Gasteiger partial charge < -0.3 is 14.8 Å². The standard InChI is InChI=1S/C27H27N3O3/c31-24-10-8-20(9-11-24)18-29-12-14-30(15-13-29)19-21-4-3-6-23(16-21)28-27(32)26-17-22-5-1-2-7-25(22)33-26/h1-11,16-17,31H,12-15,18-19H2,(H,28,32). The molecule has 3 aromatic carbocycles. The lowest BCUT2D eigenvalue weighted by atomic mass is 10.1. The number of piperazine rings is 1. The van der Waals surface area contributed by atoms with E-state index >= 15 is 0 Å². The van der Waals surface area contributed by atoms with E-state index in [4.69, 9.17) is 4.42 Å². The first kappa shape index (κ1) is 21.2. The number of para-hydroxylation sites is 1. The van der Waals surface area contributed by atoms with Crippen LogP contribution in [0.3, 0.4) is 0 Å². The van der Waals surface area contributed by atoms with Crippen LogP contribution in [0.5, 0.6) is 5.75 Å². The summed E-state index contributed by atoms with van der Waals surface area (Å²) in [5, 5.41) is 13.3. The quantitative estimate of drug-likeness (QED) is 0.454. The van der Waals surface area contributed by atoms with Crippen LogP contribution in [0.15, 0.2) is 83.3 Å². The summed E-state index contributed by atoms with van der Waals surface area (Å²) in [5.74, 6) is 0.372. The number of hydrogen-bond acceptors (Lipinski definition) is 5. The van der Waals surface area contributed by atoms with Crippen molar-refractivity contribution in [3.05, 3.63) is 95.7 Å². The topological polar surface area (TPSA) is 69.0 Å². The molecule has 0 radical (unpaired) electrons. The number of benzene rings is 3. The average molecular weight is 442 g/mol. The molecular weight excluding hydrogens is 414 g/mol. The van der Waals surface area contributed by atoms with Crippen LogP contribution in [-0.4, -0.2) is 47.0 Å². The summed E-state index contributed by atoms with van der Waals surface area (Å²) < 4.78 is 5.67. The normalized spacial score (nSPS) is 15.0. The molecule has 1 saturated heterocycles. The smallest absolute Gasteiger partial charge is 0.291 e. The van der Waals surface area contributed by atoms with Gasteiger partial charge in [-0.15, -0.1) is 0 Å². The second-order valence-electron chi connectivity index (χ2n) is 8.52. The van der Waals surface area contributed by atoms with Gasteiger partial charge in [-0.2, -0.15) is 0 Å². The van der Waals surface area contributed by atoms with Crippen molar-refractivity contribution in [2.24, 2.45) is 0 Å². The van der Waals surface area contributed by atoms with Gasteiger partial charge in [0.2, 0.25) is 0 Å². The van der Waals surface area contributed by atoms with Gasteiger partial charge in [0.25, 0.3) is 5.91 Å². The van der Waals surface area contributed by atoms with Gasteiger partial charge in [0, 0.05) is 50.3 Å². The number of phenolic OH excluding ortho intramolecular Hbond substituents is 1. The Hall–Kier alpha value is -3.61. The molecule has 1 amide bonds. The number of phenols is 1. The van der Waals surface area contributed by atoms with Crippen molar-refractivity contribution in [2.45, 2.75) is 13.1 Å². The van der Waals surface area contributed by atoms with E-state index in [2.05, 4.69) is 21.2 Å². The van der Waals surface area contributed by atoms with Gasteiger partial charge in [-0.3, -0.25) is 14.6 Å². The maximum atomic E-state index is 12.7. The van der Waals surface area contributed by atoms with Crippen LogP contribution in [0.2, 0.25) is 0 Å². The zero-order valence-electron chi connectivity index (χ0n) is 18.4. The number of hydrogen-bond donors (Lipinski definition) is 2. The zero-order chi connectivity index (χ0) is 22.6. The van der Waals surface area contributed by atoms with Gasteiger partial charge in [0.1, 0.15) is 11.3 Å². The molecule has 168 valence electrons. The molecule has 33 heavy (non-hydrogen) atoms. The molecule has 1 aromatic heterocycles. The molecule has 4 aromatic rings.